The predicted octanol–water partition coefficient (Wildman–Crippen LogP) is 2.37. The number of carbonyl (C=O) groups is 3. The quantitative estimate of drug-likeness (QED) is 0.447. The number of allylic oxidation sites excluding steroid dienone is 1. The summed E-state index contributed by atoms with van der Waals surface area (Å²) in [7, 11) is 2.97. The van der Waals surface area contributed by atoms with E-state index >= 15 is 0 Å². The van der Waals surface area contributed by atoms with Gasteiger partial charge in [0.1, 0.15) is 6.54 Å². The van der Waals surface area contributed by atoms with E-state index in [-0.39, 0.29) is 12.5 Å². The first-order valence-electron chi connectivity index (χ1n) is 10.1. The largest absolute Gasteiger partial charge is 0.493 e. The zero-order chi connectivity index (χ0) is 21.9. The van der Waals surface area contributed by atoms with Crippen LogP contribution in [-0.4, -0.2) is 51.2 Å². The van der Waals surface area contributed by atoms with Gasteiger partial charge in [0.25, 0.3) is 11.8 Å². The van der Waals surface area contributed by atoms with Crippen LogP contribution in [0.4, 0.5) is 0 Å². The molecule has 2 N–H and O–H groups in total. The Morgan fingerprint density at radius 1 is 1.07 bits per heavy atom. The van der Waals surface area contributed by atoms with E-state index in [4.69, 9.17) is 14.2 Å². The number of hydrogen-bond acceptors (Lipinski definition) is 6. The Hall–Kier alpha value is -3.03. The number of carbonyl (C=O) groups excluding carboxylic acids is 3. The molecule has 0 bridgehead atoms. The summed E-state index contributed by atoms with van der Waals surface area (Å²) in [5.74, 6) is -0.617. The summed E-state index contributed by atoms with van der Waals surface area (Å²) >= 11 is 0. The molecule has 164 valence electrons. The average Bonchev–Trinajstić information content (AvgIpc) is 2.77. The fourth-order valence-corrected chi connectivity index (χ4v) is 3.15. The van der Waals surface area contributed by atoms with Gasteiger partial charge in [-0.25, -0.2) is 0 Å². The number of amides is 2. The average molecular weight is 418 g/mol. The van der Waals surface area contributed by atoms with Crippen molar-refractivity contribution < 1.29 is 28.6 Å². The Kier molecular flexibility index (Phi) is 9.18. The highest BCUT2D eigenvalue weighted by atomic mass is 16.5. The molecule has 0 heterocycles. The van der Waals surface area contributed by atoms with Crippen LogP contribution < -0.4 is 20.1 Å². The van der Waals surface area contributed by atoms with Crippen LogP contribution in [0.25, 0.3) is 0 Å². The van der Waals surface area contributed by atoms with E-state index in [2.05, 4.69) is 16.7 Å². The normalized spacial score (nSPS) is 14.2. The lowest BCUT2D eigenvalue weighted by molar-refractivity contribution is -0.153. The molecule has 1 aromatic rings. The zero-order valence-corrected chi connectivity index (χ0v) is 17.8. The van der Waals surface area contributed by atoms with Crippen LogP contribution in [0.5, 0.6) is 11.5 Å². The minimum atomic E-state index is -0.934. The summed E-state index contributed by atoms with van der Waals surface area (Å²) in [6.45, 7) is 1.67. The summed E-state index contributed by atoms with van der Waals surface area (Å²) in [5, 5.41) is 5.25. The van der Waals surface area contributed by atoms with E-state index in [0.29, 0.717) is 23.6 Å². The van der Waals surface area contributed by atoms with Gasteiger partial charge in [-0.15, -0.1) is 0 Å². The van der Waals surface area contributed by atoms with Gasteiger partial charge in [0.05, 0.1) is 14.2 Å². The molecule has 0 radical (unpaired) electrons. The molecule has 0 unspecified atom stereocenters. The molecule has 1 aliphatic rings. The number of nitrogens with one attached hydrogen (secondary N) is 2. The van der Waals surface area contributed by atoms with Gasteiger partial charge in [-0.3, -0.25) is 14.4 Å². The van der Waals surface area contributed by atoms with Crippen LogP contribution in [0.3, 0.4) is 0 Å². The minimum absolute atomic E-state index is 0.309. The summed E-state index contributed by atoms with van der Waals surface area (Å²) in [6, 6.07) is 4.67. The maximum absolute atomic E-state index is 12.2. The molecule has 0 saturated carbocycles. The maximum atomic E-state index is 12.2. The van der Waals surface area contributed by atoms with Gasteiger partial charge in [0.2, 0.25) is 0 Å². The van der Waals surface area contributed by atoms with Crippen molar-refractivity contribution in [1.82, 2.24) is 10.6 Å². The van der Waals surface area contributed by atoms with E-state index in [9.17, 15) is 14.4 Å². The smallest absolute Gasteiger partial charge is 0.326 e. The third-order valence-electron chi connectivity index (χ3n) is 4.85. The third-order valence-corrected chi connectivity index (χ3v) is 4.85. The number of methoxy groups -OCH3 is 2. The van der Waals surface area contributed by atoms with Crippen molar-refractivity contribution in [3.63, 3.8) is 0 Å². The molecule has 0 aromatic heterocycles. The highest BCUT2D eigenvalue weighted by Gasteiger charge is 2.19. The molecule has 1 atom stereocenters. The van der Waals surface area contributed by atoms with Crippen molar-refractivity contribution in [1.29, 1.82) is 0 Å². The van der Waals surface area contributed by atoms with Crippen molar-refractivity contribution in [3.8, 4) is 11.5 Å². The highest BCUT2D eigenvalue weighted by molar-refractivity contribution is 5.96. The number of ether oxygens (including phenoxy) is 3. The van der Waals surface area contributed by atoms with E-state index < -0.39 is 18.0 Å². The van der Waals surface area contributed by atoms with Crippen molar-refractivity contribution >= 4 is 17.8 Å². The van der Waals surface area contributed by atoms with Crippen LogP contribution in [0.1, 0.15) is 49.4 Å². The third kappa shape index (κ3) is 7.09. The molecular weight excluding hydrogens is 388 g/mol. The molecule has 2 amide bonds. The van der Waals surface area contributed by atoms with Crippen molar-refractivity contribution in [2.45, 2.75) is 45.1 Å². The van der Waals surface area contributed by atoms with Crippen LogP contribution >= 0.6 is 0 Å². The molecule has 2 rings (SSSR count). The molecule has 30 heavy (non-hydrogen) atoms. The fraction of sp³-hybridized carbons (Fsp3) is 0.500. The molecule has 1 aromatic carbocycles. The van der Waals surface area contributed by atoms with Crippen molar-refractivity contribution in [3.05, 3.63) is 35.4 Å². The van der Waals surface area contributed by atoms with Crippen molar-refractivity contribution in [2.24, 2.45) is 0 Å². The Balaban J connectivity index is 1.73. The first-order valence-corrected chi connectivity index (χ1v) is 10.1. The number of rotatable bonds is 10. The van der Waals surface area contributed by atoms with Crippen LogP contribution in [0, 0.1) is 0 Å². The van der Waals surface area contributed by atoms with Crippen LogP contribution in [0.15, 0.2) is 29.8 Å². The highest BCUT2D eigenvalue weighted by Crippen LogP contribution is 2.27. The van der Waals surface area contributed by atoms with Gasteiger partial charge in [0, 0.05) is 12.1 Å². The lowest BCUT2D eigenvalue weighted by Gasteiger charge is -2.16. The molecule has 0 aliphatic heterocycles. The Bertz CT molecular complexity index is 790. The maximum Gasteiger partial charge on any atom is 0.326 e. The first kappa shape index (κ1) is 23.3. The standard InChI is InChI=1S/C22H30N2O6/c1-15(21(26)23-12-11-16-7-5-4-6-8-16)30-20(25)14-24-22(27)17-9-10-18(28-2)19(13-17)29-3/h7,9-10,13,15H,4-6,8,11-12,14H2,1-3H3,(H,23,26)(H,24,27)/t15-/m0/s1. The van der Waals surface area contributed by atoms with Crippen molar-refractivity contribution in [2.75, 3.05) is 27.3 Å². The predicted molar refractivity (Wildman–Crippen MR) is 112 cm³/mol. The van der Waals surface area contributed by atoms with Gasteiger partial charge < -0.3 is 24.8 Å². The number of benzene rings is 1. The Morgan fingerprint density at radius 2 is 1.83 bits per heavy atom. The van der Waals surface area contributed by atoms with Crippen LogP contribution in [0.2, 0.25) is 0 Å². The second kappa shape index (κ2) is 11.8. The van der Waals surface area contributed by atoms with E-state index in [1.807, 2.05) is 0 Å². The summed E-state index contributed by atoms with van der Waals surface area (Å²) in [5.41, 5.74) is 1.67. The molecule has 8 nitrogen and oxygen atoms in total. The van der Waals surface area contributed by atoms with Gasteiger partial charge >= 0.3 is 5.97 Å². The summed E-state index contributed by atoms with van der Waals surface area (Å²) in [6.07, 6.45) is 6.73. The van der Waals surface area contributed by atoms with E-state index in [0.717, 1.165) is 19.3 Å². The molecule has 1 aliphatic carbocycles. The lowest BCUT2D eigenvalue weighted by atomic mass is 9.97. The second-order valence-electron chi connectivity index (χ2n) is 7.03. The van der Waals surface area contributed by atoms with Gasteiger partial charge in [0.15, 0.2) is 17.6 Å². The molecule has 0 spiro atoms. The van der Waals surface area contributed by atoms with E-state index in [1.54, 1.807) is 12.1 Å². The fourth-order valence-electron chi connectivity index (χ4n) is 3.15. The number of esters is 1. The molecule has 0 saturated heterocycles. The van der Waals surface area contributed by atoms with Crippen LogP contribution in [-0.2, 0) is 14.3 Å². The lowest BCUT2D eigenvalue weighted by Crippen LogP contribution is -2.39. The summed E-state index contributed by atoms with van der Waals surface area (Å²) < 4.78 is 15.4. The van der Waals surface area contributed by atoms with E-state index in [1.165, 1.54) is 45.6 Å². The monoisotopic (exact) mass is 418 g/mol. The molecular formula is C22H30N2O6. The zero-order valence-electron chi connectivity index (χ0n) is 17.8. The first-order chi connectivity index (χ1) is 14.4. The topological polar surface area (TPSA) is 103 Å². The number of hydrogen-bond donors (Lipinski definition) is 2. The SMILES string of the molecule is COc1ccc(C(=O)NCC(=O)O[C@@H](C)C(=O)NCCC2=CCCCC2)cc1OC. The van der Waals surface area contributed by atoms with Gasteiger partial charge in [-0.05, 0) is 57.2 Å². The summed E-state index contributed by atoms with van der Waals surface area (Å²) in [4.78, 5) is 36.3. The molecule has 8 heteroatoms. The second-order valence-corrected chi connectivity index (χ2v) is 7.03. The Morgan fingerprint density at radius 3 is 2.50 bits per heavy atom. The van der Waals surface area contributed by atoms with Gasteiger partial charge in [-0.2, -0.15) is 0 Å². The van der Waals surface area contributed by atoms with Gasteiger partial charge in [-0.1, -0.05) is 11.6 Å². The minimum Gasteiger partial charge on any atom is -0.493 e. The molecule has 0 fully saturated rings. The Labute approximate surface area is 176 Å².